The third-order valence-corrected chi connectivity index (χ3v) is 5.97. The number of hydrogen-bond acceptors (Lipinski definition) is 8. The molecule has 172 valence electrons. The summed E-state index contributed by atoms with van der Waals surface area (Å²) < 4.78 is 37.4. The first-order valence-corrected chi connectivity index (χ1v) is 10.9. The van der Waals surface area contributed by atoms with Gasteiger partial charge in [-0.2, -0.15) is 4.31 Å². The highest BCUT2D eigenvalue weighted by Crippen LogP contribution is 2.27. The Balaban J connectivity index is 3.42. The number of allylic oxidation sites excluding steroid dienone is 1. The number of benzene rings is 1. The number of carbonyl (C=O) groups excluding carboxylic acids is 2. The van der Waals surface area contributed by atoms with E-state index in [1.165, 1.54) is 12.1 Å². The Bertz CT molecular complexity index is 921. The van der Waals surface area contributed by atoms with E-state index in [0.717, 1.165) is 23.5 Å². The predicted octanol–water partition coefficient (Wildman–Crippen LogP) is 2.68. The highest BCUT2D eigenvalue weighted by Gasteiger charge is 2.39. The third-order valence-electron chi connectivity index (χ3n) is 4.06. The zero-order valence-electron chi connectivity index (χ0n) is 18.1. The van der Waals surface area contributed by atoms with E-state index in [4.69, 9.17) is 4.74 Å². The van der Waals surface area contributed by atoms with Crippen molar-refractivity contribution in [2.45, 2.75) is 44.1 Å². The molecule has 1 aromatic carbocycles. The standard InChI is InChI=1S/C20H28N2O8S/c1-6-7-10-13-21(14-15(18(23)29-5)19(24)30-20(2,3)4)31(27,28)17-12-9-8-11-16(17)22(25)26/h6,8-9,11-12,15H,1,7,10,13-14H2,2-5H3. The summed E-state index contributed by atoms with van der Waals surface area (Å²) in [5, 5.41) is 11.4. The van der Waals surface area contributed by atoms with Gasteiger partial charge in [-0.05, 0) is 39.7 Å². The van der Waals surface area contributed by atoms with Crippen LogP contribution in [-0.4, -0.2) is 55.4 Å². The molecule has 0 saturated heterocycles. The Morgan fingerprint density at radius 1 is 1.26 bits per heavy atom. The van der Waals surface area contributed by atoms with Gasteiger partial charge in [0.1, 0.15) is 5.60 Å². The fraction of sp³-hybridized carbons (Fsp3) is 0.500. The van der Waals surface area contributed by atoms with Crippen molar-refractivity contribution in [2.24, 2.45) is 5.92 Å². The molecular weight excluding hydrogens is 428 g/mol. The summed E-state index contributed by atoms with van der Waals surface area (Å²) in [7, 11) is -3.36. The van der Waals surface area contributed by atoms with E-state index in [9.17, 15) is 28.1 Å². The molecule has 1 atom stereocenters. The molecule has 0 spiro atoms. The van der Waals surface area contributed by atoms with E-state index in [0.29, 0.717) is 12.8 Å². The minimum Gasteiger partial charge on any atom is -0.468 e. The third kappa shape index (κ3) is 7.44. The average Bonchev–Trinajstić information content (AvgIpc) is 2.68. The number of carbonyl (C=O) groups is 2. The molecule has 0 heterocycles. The second-order valence-corrected chi connectivity index (χ2v) is 9.53. The van der Waals surface area contributed by atoms with Crippen molar-refractivity contribution in [2.75, 3.05) is 20.2 Å². The lowest BCUT2D eigenvalue weighted by Gasteiger charge is -2.27. The second-order valence-electron chi connectivity index (χ2n) is 7.63. The molecule has 1 aromatic rings. The number of rotatable bonds is 11. The number of sulfonamides is 1. The maximum absolute atomic E-state index is 13.3. The number of nitro benzene ring substituents is 1. The van der Waals surface area contributed by atoms with Crippen LogP contribution in [0.5, 0.6) is 0 Å². The van der Waals surface area contributed by atoms with Gasteiger partial charge in [-0.15, -0.1) is 6.58 Å². The van der Waals surface area contributed by atoms with Gasteiger partial charge < -0.3 is 9.47 Å². The van der Waals surface area contributed by atoms with Gasteiger partial charge >= 0.3 is 11.9 Å². The molecule has 0 aliphatic rings. The molecule has 11 heteroatoms. The predicted molar refractivity (Wildman–Crippen MR) is 113 cm³/mol. The van der Waals surface area contributed by atoms with Gasteiger partial charge in [0.15, 0.2) is 10.8 Å². The maximum Gasteiger partial charge on any atom is 0.322 e. The van der Waals surface area contributed by atoms with Crippen LogP contribution in [0.1, 0.15) is 33.6 Å². The van der Waals surface area contributed by atoms with Gasteiger partial charge in [-0.1, -0.05) is 18.2 Å². The molecule has 1 unspecified atom stereocenters. The molecule has 0 fully saturated rings. The number of para-hydroxylation sites is 1. The quantitative estimate of drug-likeness (QED) is 0.124. The lowest BCUT2D eigenvalue weighted by atomic mass is 10.1. The van der Waals surface area contributed by atoms with Crippen molar-refractivity contribution in [3.8, 4) is 0 Å². The van der Waals surface area contributed by atoms with Gasteiger partial charge in [0.25, 0.3) is 5.69 Å². The molecule has 10 nitrogen and oxygen atoms in total. The zero-order valence-corrected chi connectivity index (χ0v) is 18.9. The number of unbranched alkanes of at least 4 members (excludes halogenated alkanes) is 1. The molecule has 31 heavy (non-hydrogen) atoms. The molecule has 0 aliphatic carbocycles. The van der Waals surface area contributed by atoms with Crippen LogP contribution in [0.4, 0.5) is 5.69 Å². The van der Waals surface area contributed by atoms with Crippen LogP contribution in [0.15, 0.2) is 41.8 Å². The summed E-state index contributed by atoms with van der Waals surface area (Å²) in [4.78, 5) is 34.9. The van der Waals surface area contributed by atoms with Crippen molar-refractivity contribution in [3.05, 3.63) is 47.0 Å². The Labute approximate surface area is 182 Å². The monoisotopic (exact) mass is 456 g/mol. The lowest BCUT2D eigenvalue weighted by molar-refractivity contribution is -0.387. The molecule has 0 aliphatic heterocycles. The number of nitro groups is 1. The number of esters is 2. The minimum absolute atomic E-state index is 0.101. The Morgan fingerprint density at radius 2 is 1.87 bits per heavy atom. The van der Waals surface area contributed by atoms with Crippen LogP contribution in [0.3, 0.4) is 0 Å². The van der Waals surface area contributed by atoms with Gasteiger partial charge in [-0.25, -0.2) is 8.42 Å². The van der Waals surface area contributed by atoms with Crippen molar-refractivity contribution in [3.63, 3.8) is 0 Å². The van der Waals surface area contributed by atoms with Gasteiger partial charge in [0, 0.05) is 19.2 Å². The van der Waals surface area contributed by atoms with Crippen LogP contribution in [0.2, 0.25) is 0 Å². The smallest absolute Gasteiger partial charge is 0.322 e. The summed E-state index contributed by atoms with van der Waals surface area (Å²) in [6.07, 6.45) is 2.37. The first-order chi connectivity index (χ1) is 14.3. The second kappa shape index (κ2) is 11.0. The van der Waals surface area contributed by atoms with Crippen LogP contribution in [-0.2, 0) is 29.1 Å². The van der Waals surface area contributed by atoms with E-state index in [1.807, 2.05) is 0 Å². The summed E-state index contributed by atoms with van der Waals surface area (Å²) >= 11 is 0. The van der Waals surface area contributed by atoms with E-state index in [-0.39, 0.29) is 6.54 Å². The molecule has 0 saturated carbocycles. The van der Waals surface area contributed by atoms with Crippen LogP contribution >= 0.6 is 0 Å². The zero-order chi connectivity index (χ0) is 23.8. The van der Waals surface area contributed by atoms with E-state index in [1.54, 1.807) is 26.8 Å². The van der Waals surface area contributed by atoms with E-state index < -0.39 is 55.5 Å². The fourth-order valence-corrected chi connectivity index (χ4v) is 4.30. The Hall–Kier alpha value is -2.79. The molecular formula is C20H28N2O8S. The molecule has 0 N–H and O–H groups in total. The molecule has 0 bridgehead atoms. The Morgan fingerprint density at radius 3 is 2.39 bits per heavy atom. The summed E-state index contributed by atoms with van der Waals surface area (Å²) in [6, 6.07) is 4.87. The van der Waals surface area contributed by atoms with Crippen molar-refractivity contribution < 1.29 is 32.4 Å². The largest absolute Gasteiger partial charge is 0.468 e. The van der Waals surface area contributed by atoms with Crippen LogP contribution in [0, 0.1) is 16.0 Å². The molecule has 0 radical (unpaired) electrons. The summed E-state index contributed by atoms with van der Waals surface area (Å²) in [6.45, 7) is 7.70. The van der Waals surface area contributed by atoms with Gasteiger partial charge in [0.2, 0.25) is 10.0 Å². The highest BCUT2D eigenvalue weighted by atomic mass is 32.2. The highest BCUT2D eigenvalue weighted by molar-refractivity contribution is 7.89. The number of methoxy groups -OCH3 is 1. The number of nitrogens with zero attached hydrogens (tertiary/aromatic N) is 2. The average molecular weight is 457 g/mol. The summed E-state index contributed by atoms with van der Waals surface area (Å²) in [5.74, 6) is -3.49. The normalized spacial score (nSPS) is 12.8. The van der Waals surface area contributed by atoms with Gasteiger partial charge in [-0.3, -0.25) is 19.7 Å². The van der Waals surface area contributed by atoms with E-state index >= 15 is 0 Å². The number of hydrogen-bond donors (Lipinski definition) is 0. The van der Waals surface area contributed by atoms with E-state index in [2.05, 4.69) is 11.3 Å². The topological polar surface area (TPSA) is 133 Å². The SMILES string of the molecule is C=CCCCN(CC(C(=O)OC)C(=O)OC(C)(C)C)S(=O)(=O)c1ccccc1[N+](=O)[O-]. The first-order valence-electron chi connectivity index (χ1n) is 9.50. The summed E-state index contributed by atoms with van der Waals surface area (Å²) in [5.41, 5.74) is -1.53. The molecule has 0 amide bonds. The molecule has 1 rings (SSSR count). The van der Waals surface area contributed by atoms with Gasteiger partial charge in [0.05, 0.1) is 12.0 Å². The minimum atomic E-state index is -4.43. The van der Waals surface area contributed by atoms with Crippen molar-refractivity contribution in [1.82, 2.24) is 4.31 Å². The maximum atomic E-state index is 13.3. The van der Waals surface area contributed by atoms with Crippen molar-refractivity contribution in [1.29, 1.82) is 0 Å². The first kappa shape index (κ1) is 26.2. The molecule has 0 aromatic heterocycles. The fourth-order valence-electron chi connectivity index (χ4n) is 2.65. The number of ether oxygens (including phenoxy) is 2. The van der Waals surface area contributed by atoms with Crippen LogP contribution < -0.4 is 0 Å². The van der Waals surface area contributed by atoms with Crippen molar-refractivity contribution >= 4 is 27.6 Å². The lowest BCUT2D eigenvalue weighted by Crippen LogP contribution is -2.44. The Kier molecular flexibility index (Phi) is 9.32. The van der Waals surface area contributed by atoms with Crippen LogP contribution in [0.25, 0.3) is 0 Å².